The second kappa shape index (κ2) is 6.90. The van der Waals surface area contributed by atoms with Gasteiger partial charge in [-0.2, -0.15) is 16.6 Å². The van der Waals surface area contributed by atoms with Crippen molar-refractivity contribution in [3.8, 4) is 17.5 Å². The Kier molecular flexibility index (Phi) is 4.70. The molecule has 0 spiro atoms. The molecule has 0 radical (unpaired) electrons. The second-order valence-corrected chi connectivity index (χ2v) is 7.31. The van der Waals surface area contributed by atoms with E-state index in [0.717, 1.165) is 16.8 Å². The van der Waals surface area contributed by atoms with Crippen molar-refractivity contribution in [3.05, 3.63) is 63.7 Å². The summed E-state index contributed by atoms with van der Waals surface area (Å²) < 4.78 is 18.0. The van der Waals surface area contributed by atoms with Crippen LogP contribution < -0.4 is 0 Å². The maximum atomic E-state index is 12.4. The van der Waals surface area contributed by atoms with E-state index in [1.807, 2.05) is 35.9 Å². The molecule has 116 valence electrons. The van der Waals surface area contributed by atoms with Crippen LogP contribution in [-0.2, 0) is 22.3 Å². The average molecular weight is 342 g/mol. The van der Waals surface area contributed by atoms with Crippen LogP contribution in [0.4, 0.5) is 0 Å². The van der Waals surface area contributed by atoms with Gasteiger partial charge in [0.05, 0.1) is 23.1 Å². The van der Waals surface area contributed by atoms with Crippen molar-refractivity contribution in [1.82, 2.24) is 4.98 Å². The summed E-state index contributed by atoms with van der Waals surface area (Å²) in [5.41, 5.74) is 3.23. The van der Waals surface area contributed by atoms with Crippen LogP contribution in [0.1, 0.15) is 22.6 Å². The first-order valence-electron chi connectivity index (χ1n) is 6.98. The summed E-state index contributed by atoms with van der Waals surface area (Å²) in [6, 6.07) is 11.2. The molecule has 0 saturated carbocycles. The summed E-state index contributed by atoms with van der Waals surface area (Å²) in [4.78, 5) is 4.47. The minimum absolute atomic E-state index is 0.361. The molecule has 1 atom stereocenters. The van der Waals surface area contributed by atoms with Gasteiger partial charge in [0, 0.05) is 27.5 Å². The van der Waals surface area contributed by atoms with Gasteiger partial charge < -0.3 is 4.42 Å². The Morgan fingerprint density at radius 1 is 1.26 bits per heavy atom. The molecule has 1 aromatic carbocycles. The van der Waals surface area contributed by atoms with Crippen LogP contribution in [0.5, 0.6) is 0 Å². The Hall–Kier alpha value is -2.23. The zero-order valence-electron chi connectivity index (χ0n) is 12.5. The molecule has 0 aliphatic heterocycles. The van der Waals surface area contributed by atoms with Gasteiger partial charge in [-0.15, -0.1) is 0 Å². The van der Waals surface area contributed by atoms with Crippen molar-refractivity contribution >= 4 is 22.1 Å². The SMILES string of the molecule is Cc1oc(-c2ccsc2)nc1C[S@@](=O)Cc1ccc(C#N)cc1. The number of aryl methyl sites for hydroxylation is 1. The molecule has 0 saturated heterocycles. The van der Waals surface area contributed by atoms with E-state index in [0.29, 0.717) is 28.7 Å². The number of aromatic nitrogens is 1. The lowest BCUT2D eigenvalue weighted by Gasteiger charge is -2.01. The lowest BCUT2D eigenvalue weighted by molar-refractivity contribution is 0.540. The smallest absolute Gasteiger partial charge is 0.227 e. The highest BCUT2D eigenvalue weighted by atomic mass is 32.2. The standard InChI is InChI=1S/C17H14N2O2S2/c1-12-16(19-17(21-12)15-6-7-22-9-15)11-23(20)10-14-4-2-13(8-18)3-5-14/h2-7,9H,10-11H2,1H3/t23-/m0/s1. The van der Waals surface area contributed by atoms with Gasteiger partial charge in [-0.3, -0.25) is 4.21 Å². The highest BCUT2D eigenvalue weighted by Gasteiger charge is 2.14. The van der Waals surface area contributed by atoms with E-state index in [1.54, 1.807) is 23.5 Å². The summed E-state index contributed by atoms with van der Waals surface area (Å²) >= 11 is 1.59. The van der Waals surface area contributed by atoms with Crippen molar-refractivity contribution < 1.29 is 8.63 Å². The third-order valence-electron chi connectivity index (χ3n) is 3.37. The molecule has 3 rings (SSSR count). The first-order valence-corrected chi connectivity index (χ1v) is 9.41. The van der Waals surface area contributed by atoms with Gasteiger partial charge in [0.15, 0.2) is 0 Å². The predicted octanol–water partition coefficient (Wildman–Crippen LogP) is 4.03. The van der Waals surface area contributed by atoms with Crippen molar-refractivity contribution in [2.45, 2.75) is 18.4 Å². The van der Waals surface area contributed by atoms with Crippen molar-refractivity contribution in [3.63, 3.8) is 0 Å². The Balaban J connectivity index is 1.69. The molecule has 6 heteroatoms. The molecule has 0 aliphatic rings. The van der Waals surface area contributed by atoms with E-state index in [1.165, 1.54) is 0 Å². The van der Waals surface area contributed by atoms with E-state index in [-0.39, 0.29) is 0 Å². The molecule has 2 heterocycles. The minimum atomic E-state index is -1.08. The van der Waals surface area contributed by atoms with Gasteiger partial charge in [-0.25, -0.2) is 4.98 Å². The van der Waals surface area contributed by atoms with Crippen LogP contribution in [-0.4, -0.2) is 9.19 Å². The summed E-state index contributed by atoms with van der Waals surface area (Å²) in [7, 11) is -1.08. The van der Waals surface area contributed by atoms with Crippen LogP contribution >= 0.6 is 11.3 Å². The fourth-order valence-electron chi connectivity index (χ4n) is 2.14. The Labute approximate surface area is 140 Å². The molecule has 4 nitrogen and oxygen atoms in total. The summed E-state index contributed by atoms with van der Waals surface area (Å²) in [6.45, 7) is 1.84. The molecule has 23 heavy (non-hydrogen) atoms. The monoisotopic (exact) mass is 342 g/mol. The Bertz CT molecular complexity index is 859. The largest absolute Gasteiger partial charge is 0.441 e. The van der Waals surface area contributed by atoms with E-state index in [2.05, 4.69) is 11.1 Å². The zero-order valence-corrected chi connectivity index (χ0v) is 14.1. The predicted molar refractivity (Wildman–Crippen MR) is 91.3 cm³/mol. The van der Waals surface area contributed by atoms with Crippen LogP contribution in [0, 0.1) is 18.3 Å². The number of rotatable bonds is 5. The molecule has 0 aliphatic carbocycles. The van der Waals surface area contributed by atoms with Gasteiger partial charge in [-0.1, -0.05) is 12.1 Å². The number of hydrogen-bond donors (Lipinski definition) is 0. The van der Waals surface area contributed by atoms with E-state index in [9.17, 15) is 4.21 Å². The molecule has 0 fully saturated rings. The maximum Gasteiger partial charge on any atom is 0.227 e. The first kappa shape index (κ1) is 15.7. The van der Waals surface area contributed by atoms with Crippen LogP contribution in [0.3, 0.4) is 0 Å². The molecular weight excluding hydrogens is 328 g/mol. The number of hydrogen-bond acceptors (Lipinski definition) is 5. The second-order valence-electron chi connectivity index (χ2n) is 5.07. The molecule has 2 aromatic heterocycles. The Morgan fingerprint density at radius 2 is 2.04 bits per heavy atom. The average Bonchev–Trinajstić information content (AvgIpc) is 3.18. The van der Waals surface area contributed by atoms with Crippen molar-refractivity contribution in [2.75, 3.05) is 0 Å². The van der Waals surface area contributed by atoms with Gasteiger partial charge in [0.25, 0.3) is 0 Å². The third kappa shape index (κ3) is 3.76. The number of thiophene rings is 1. The summed E-state index contributed by atoms with van der Waals surface area (Å²) in [5, 5.41) is 12.7. The van der Waals surface area contributed by atoms with E-state index >= 15 is 0 Å². The zero-order chi connectivity index (χ0) is 16.2. The number of nitrogens with zero attached hydrogens (tertiary/aromatic N) is 2. The topological polar surface area (TPSA) is 66.9 Å². The molecule has 0 amide bonds. The highest BCUT2D eigenvalue weighted by molar-refractivity contribution is 7.83. The van der Waals surface area contributed by atoms with Gasteiger partial charge in [0.1, 0.15) is 5.76 Å². The molecule has 0 N–H and O–H groups in total. The molecule has 0 bridgehead atoms. The summed E-state index contributed by atoms with van der Waals surface area (Å²) in [6.07, 6.45) is 0. The fourth-order valence-corrected chi connectivity index (χ4v) is 4.01. The Morgan fingerprint density at radius 3 is 2.70 bits per heavy atom. The summed E-state index contributed by atoms with van der Waals surface area (Å²) in [5.74, 6) is 2.08. The fraction of sp³-hybridized carbons (Fsp3) is 0.176. The highest BCUT2D eigenvalue weighted by Crippen LogP contribution is 2.24. The van der Waals surface area contributed by atoms with Gasteiger partial charge in [0.2, 0.25) is 5.89 Å². The quantitative estimate of drug-likeness (QED) is 0.702. The lowest BCUT2D eigenvalue weighted by atomic mass is 10.2. The first-order chi connectivity index (χ1) is 11.2. The van der Waals surface area contributed by atoms with E-state index < -0.39 is 10.8 Å². The van der Waals surface area contributed by atoms with Crippen LogP contribution in [0.2, 0.25) is 0 Å². The number of benzene rings is 1. The van der Waals surface area contributed by atoms with Crippen LogP contribution in [0.15, 0.2) is 45.5 Å². The molecule has 0 unspecified atom stereocenters. The van der Waals surface area contributed by atoms with E-state index in [4.69, 9.17) is 9.68 Å². The van der Waals surface area contributed by atoms with Crippen molar-refractivity contribution in [2.24, 2.45) is 0 Å². The lowest BCUT2D eigenvalue weighted by Crippen LogP contribution is -2.01. The molecule has 3 aromatic rings. The van der Waals surface area contributed by atoms with Crippen molar-refractivity contribution in [1.29, 1.82) is 5.26 Å². The molecular formula is C17H14N2O2S2. The number of nitriles is 1. The van der Waals surface area contributed by atoms with Crippen LogP contribution in [0.25, 0.3) is 11.5 Å². The van der Waals surface area contributed by atoms with Gasteiger partial charge in [-0.05, 0) is 36.1 Å². The third-order valence-corrected chi connectivity index (χ3v) is 5.30. The number of oxazole rings is 1. The maximum absolute atomic E-state index is 12.4. The van der Waals surface area contributed by atoms with Gasteiger partial charge >= 0.3 is 0 Å². The minimum Gasteiger partial charge on any atom is -0.441 e. The normalized spacial score (nSPS) is 12.0.